The molecule has 1 saturated heterocycles. The Morgan fingerprint density at radius 2 is 2.44 bits per heavy atom. The van der Waals surface area contributed by atoms with Crippen LogP contribution < -0.4 is 10.9 Å². The van der Waals surface area contributed by atoms with Crippen molar-refractivity contribution in [2.24, 2.45) is 5.92 Å². The Hall–Kier alpha value is -1.14. The first-order valence-electron chi connectivity index (χ1n) is 6.20. The van der Waals surface area contributed by atoms with Gasteiger partial charge in [0.2, 0.25) is 0 Å². The summed E-state index contributed by atoms with van der Waals surface area (Å²) in [5.41, 5.74) is 1.50. The number of aromatic amines is 1. The second-order valence-electron chi connectivity index (χ2n) is 4.76. The van der Waals surface area contributed by atoms with Crippen molar-refractivity contribution in [1.82, 2.24) is 19.9 Å². The molecule has 0 spiro atoms. The molecule has 1 unspecified atom stereocenters. The van der Waals surface area contributed by atoms with E-state index in [1.54, 1.807) is 12.3 Å². The zero-order chi connectivity index (χ0) is 12.5. The number of nitrogens with one attached hydrogen (secondary N) is 2. The standard InChI is InChI=1S/C12H15BrN4O/c13-10-7-15-17-11(18)5-9(16-12(10)17)2-1-8-3-4-14-6-8/h5,7-8,14-15H,1-4,6H2. The lowest BCUT2D eigenvalue weighted by molar-refractivity contribution is 0.529. The van der Waals surface area contributed by atoms with E-state index in [0.717, 1.165) is 42.0 Å². The van der Waals surface area contributed by atoms with Crippen LogP contribution in [0.3, 0.4) is 0 Å². The van der Waals surface area contributed by atoms with Crippen LogP contribution in [0, 0.1) is 5.92 Å². The van der Waals surface area contributed by atoms with Gasteiger partial charge in [-0.1, -0.05) is 0 Å². The Bertz CT molecular complexity index is 612. The third kappa shape index (κ3) is 2.22. The van der Waals surface area contributed by atoms with E-state index in [0.29, 0.717) is 5.65 Å². The third-order valence-electron chi connectivity index (χ3n) is 3.48. The van der Waals surface area contributed by atoms with Crippen molar-refractivity contribution < 1.29 is 0 Å². The van der Waals surface area contributed by atoms with Gasteiger partial charge in [-0.15, -0.1) is 0 Å². The molecule has 0 bridgehead atoms. The minimum atomic E-state index is -0.0507. The molecule has 2 aromatic heterocycles. The van der Waals surface area contributed by atoms with E-state index >= 15 is 0 Å². The van der Waals surface area contributed by atoms with Crippen LogP contribution in [-0.4, -0.2) is 27.7 Å². The third-order valence-corrected chi connectivity index (χ3v) is 4.06. The first kappa shape index (κ1) is 11.9. The van der Waals surface area contributed by atoms with Gasteiger partial charge in [-0.2, -0.15) is 0 Å². The van der Waals surface area contributed by atoms with Gasteiger partial charge in [0.1, 0.15) is 0 Å². The predicted octanol–water partition coefficient (Wildman–Crippen LogP) is 1.33. The van der Waals surface area contributed by atoms with Crippen LogP contribution in [0.2, 0.25) is 0 Å². The van der Waals surface area contributed by atoms with Crippen LogP contribution in [0.4, 0.5) is 0 Å². The molecule has 2 aromatic rings. The number of aromatic nitrogens is 3. The zero-order valence-corrected chi connectivity index (χ0v) is 11.5. The lowest BCUT2D eigenvalue weighted by Gasteiger charge is -2.07. The fourth-order valence-corrected chi connectivity index (χ4v) is 2.81. The maximum Gasteiger partial charge on any atom is 0.272 e. The van der Waals surface area contributed by atoms with Crippen molar-refractivity contribution in [3.05, 3.63) is 32.8 Å². The van der Waals surface area contributed by atoms with Crippen molar-refractivity contribution in [2.45, 2.75) is 19.3 Å². The number of hydrogen-bond acceptors (Lipinski definition) is 3. The van der Waals surface area contributed by atoms with Crippen molar-refractivity contribution in [1.29, 1.82) is 0 Å². The normalized spacial score (nSPS) is 19.7. The molecule has 6 heteroatoms. The topological polar surface area (TPSA) is 62.2 Å². The molecule has 96 valence electrons. The smallest absolute Gasteiger partial charge is 0.272 e. The van der Waals surface area contributed by atoms with Crippen LogP contribution in [-0.2, 0) is 6.42 Å². The number of hydrogen-bond donors (Lipinski definition) is 2. The van der Waals surface area contributed by atoms with Gasteiger partial charge in [0.25, 0.3) is 5.56 Å². The molecule has 1 fully saturated rings. The molecule has 18 heavy (non-hydrogen) atoms. The molecule has 0 saturated carbocycles. The van der Waals surface area contributed by atoms with Crippen LogP contribution in [0.15, 0.2) is 21.5 Å². The van der Waals surface area contributed by atoms with Gasteiger partial charge in [0, 0.05) is 18.0 Å². The highest BCUT2D eigenvalue weighted by molar-refractivity contribution is 9.10. The van der Waals surface area contributed by atoms with Crippen molar-refractivity contribution in [3.8, 4) is 0 Å². The Morgan fingerprint density at radius 3 is 3.22 bits per heavy atom. The summed E-state index contributed by atoms with van der Waals surface area (Å²) in [4.78, 5) is 16.4. The summed E-state index contributed by atoms with van der Waals surface area (Å²) >= 11 is 3.39. The molecule has 0 radical (unpaired) electrons. The summed E-state index contributed by atoms with van der Waals surface area (Å²) in [6, 6.07) is 1.62. The number of H-pyrrole nitrogens is 1. The second-order valence-corrected chi connectivity index (χ2v) is 5.62. The summed E-state index contributed by atoms with van der Waals surface area (Å²) in [5, 5.41) is 6.22. The van der Waals surface area contributed by atoms with E-state index in [1.165, 1.54) is 10.9 Å². The van der Waals surface area contributed by atoms with Crippen LogP contribution >= 0.6 is 15.9 Å². The molecule has 2 N–H and O–H groups in total. The lowest BCUT2D eigenvalue weighted by Crippen LogP contribution is -2.16. The van der Waals surface area contributed by atoms with E-state index in [9.17, 15) is 4.79 Å². The van der Waals surface area contributed by atoms with E-state index in [4.69, 9.17) is 0 Å². The molecule has 3 heterocycles. The number of halogens is 1. The van der Waals surface area contributed by atoms with Gasteiger partial charge in [-0.3, -0.25) is 9.89 Å². The Kier molecular flexibility index (Phi) is 3.22. The highest BCUT2D eigenvalue weighted by Gasteiger charge is 2.15. The number of aryl methyl sites for hydroxylation is 1. The maximum absolute atomic E-state index is 11.9. The Balaban J connectivity index is 1.83. The maximum atomic E-state index is 11.9. The van der Waals surface area contributed by atoms with E-state index in [-0.39, 0.29) is 5.56 Å². The molecule has 1 atom stereocenters. The summed E-state index contributed by atoms with van der Waals surface area (Å²) in [5.74, 6) is 0.722. The van der Waals surface area contributed by atoms with Gasteiger partial charge in [-0.05, 0) is 54.2 Å². The molecule has 5 nitrogen and oxygen atoms in total. The van der Waals surface area contributed by atoms with Crippen molar-refractivity contribution >= 4 is 21.6 Å². The van der Waals surface area contributed by atoms with Gasteiger partial charge in [-0.25, -0.2) is 9.50 Å². The molecule has 0 aliphatic carbocycles. The SMILES string of the molecule is O=c1cc(CCC2CCNC2)nc2c(Br)c[nH]n12. The monoisotopic (exact) mass is 310 g/mol. The quantitative estimate of drug-likeness (QED) is 0.899. The largest absolute Gasteiger partial charge is 0.316 e. The lowest BCUT2D eigenvalue weighted by atomic mass is 10.0. The van der Waals surface area contributed by atoms with E-state index < -0.39 is 0 Å². The number of fused-ring (bicyclic) bond motifs is 1. The van der Waals surface area contributed by atoms with E-state index in [2.05, 4.69) is 31.3 Å². The van der Waals surface area contributed by atoms with Gasteiger partial charge >= 0.3 is 0 Å². The average molecular weight is 311 g/mol. The highest BCUT2D eigenvalue weighted by Crippen LogP contribution is 2.17. The van der Waals surface area contributed by atoms with Gasteiger partial charge in [0.05, 0.1) is 4.47 Å². The first-order valence-corrected chi connectivity index (χ1v) is 6.99. The summed E-state index contributed by atoms with van der Waals surface area (Å²) in [6.07, 6.45) is 4.93. The average Bonchev–Trinajstić information content (AvgIpc) is 2.98. The summed E-state index contributed by atoms with van der Waals surface area (Å²) < 4.78 is 2.27. The van der Waals surface area contributed by atoms with Crippen LogP contribution in [0.25, 0.3) is 5.65 Å². The fraction of sp³-hybridized carbons (Fsp3) is 0.500. The molecule has 0 amide bonds. The Morgan fingerprint density at radius 1 is 1.56 bits per heavy atom. The second kappa shape index (κ2) is 4.85. The van der Waals surface area contributed by atoms with Crippen molar-refractivity contribution in [3.63, 3.8) is 0 Å². The molecule has 0 aromatic carbocycles. The van der Waals surface area contributed by atoms with Gasteiger partial charge < -0.3 is 5.32 Å². The summed E-state index contributed by atoms with van der Waals surface area (Å²) in [6.45, 7) is 2.21. The highest BCUT2D eigenvalue weighted by atomic mass is 79.9. The molecular weight excluding hydrogens is 296 g/mol. The van der Waals surface area contributed by atoms with Gasteiger partial charge in [0.15, 0.2) is 5.65 Å². The van der Waals surface area contributed by atoms with Crippen LogP contribution in [0.5, 0.6) is 0 Å². The molecule has 1 aliphatic rings. The minimum Gasteiger partial charge on any atom is -0.316 e. The first-order chi connectivity index (χ1) is 8.74. The summed E-state index contributed by atoms with van der Waals surface area (Å²) in [7, 11) is 0. The van der Waals surface area contributed by atoms with Crippen LogP contribution in [0.1, 0.15) is 18.5 Å². The molecule has 1 aliphatic heterocycles. The minimum absolute atomic E-state index is 0.0507. The molecular formula is C12H15BrN4O. The zero-order valence-electron chi connectivity index (χ0n) is 9.95. The number of rotatable bonds is 3. The predicted molar refractivity (Wildman–Crippen MR) is 72.8 cm³/mol. The number of nitrogens with zero attached hydrogens (tertiary/aromatic N) is 2. The molecule has 3 rings (SSSR count). The fourth-order valence-electron chi connectivity index (χ4n) is 2.44. The van der Waals surface area contributed by atoms with Crippen molar-refractivity contribution in [2.75, 3.05) is 13.1 Å². The Labute approximate surface area is 113 Å². The van der Waals surface area contributed by atoms with E-state index in [1.807, 2.05) is 0 Å².